The van der Waals surface area contributed by atoms with Crippen LogP contribution in [0.5, 0.6) is 0 Å². The van der Waals surface area contributed by atoms with E-state index in [9.17, 15) is 9.59 Å². The number of ether oxygens (including phenoxy) is 1. The van der Waals surface area contributed by atoms with Crippen molar-refractivity contribution in [1.29, 1.82) is 0 Å². The first-order valence-electron chi connectivity index (χ1n) is 7.21. The lowest BCUT2D eigenvalue weighted by Gasteiger charge is -2.08. The molecule has 0 bridgehead atoms. The monoisotopic (exact) mass is 313 g/mol. The van der Waals surface area contributed by atoms with Gasteiger partial charge >= 0.3 is 0 Å². The van der Waals surface area contributed by atoms with Crippen LogP contribution in [0, 0.1) is 0 Å². The molecule has 1 aromatic carbocycles. The van der Waals surface area contributed by atoms with Crippen LogP contribution < -0.4 is 10.6 Å². The average Bonchev–Trinajstić information content (AvgIpc) is 2.56. The molecule has 0 unspecified atom stereocenters. The van der Waals surface area contributed by atoms with Crippen molar-refractivity contribution in [2.24, 2.45) is 0 Å². The largest absolute Gasteiger partial charge is 0.383 e. The third kappa shape index (κ3) is 4.89. The fourth-order valence-corrected chi connectivity index (χ4v) is 1.91. The van der Waals surface area contributed by atoms with Crippen molar-refractivity contribution in [2.75, 3.05) is 25.6 Å². The summed E-state index contributed by atoms with van der Waals surface area (Å²) < 4.78 is 4.87. The summed E-state index contributed by atoms with van der Waals surface area (Å²) in [6.45, 7) is 2.43. The number of nitrogens with zero attached hydrogens (tertiary/aromatic N) is 1. The molecular weight excluding hydrogens is 294 g/mol. The van der Waals surface area contributed by atoms with Crippen molar-refractivity contribution in [3.63, 3.8) is 0 Å². The predicted molar refractivity (Wildman–Crippen MR) is 88.2 cm³/mol. The van der Waals surface area contributed by atoms with E-state index in [1.54, 1.807) is 37.6 Å². The van der Waals surface area contributed by atoms with E-state index >= 15 is 0 Å². The third-order valence-corrected chi connectivity index (χ3v) is 3.17. The van der Waals surface area contributed by atoms with Gasteiger partial charge in [0.05, 0.1) is 18.5 Å². The highest BCUT2D eigenvalue weighted by Crippen LogP contribution is 2.16. The Morgan fingerprint density at radius 3 is 2.35 bits per heavy atom. The molecule has 2 aromatic rings. The maximum absolute atomic E-state index is 11.8. The van der Waals surface area contributed by atoms with Crippen LogP contribution in [-0.2, 0) is 4.74 Å². The van der Waals surface area contributed by atoms with Gasteiger partial charge < -0.3 is 15.4 Å². The molecule has 2 rings (SSSR count). The van der Waals surface area contributed by atoms with E-state index in [4.69, 9.17) is 4.74 Å². The second-order valence-corrected chi connectivity index (χ2v) is 4.94. The van der Waals surface area contributed by atoms with Crippen molar-refractivity contribution < 1.29 is 14.3 Å². The number of amides is 1. The summed E-state index contributed by atoms with van der Waals surface area (Å²) in [6.07, 6.45) is 1.59. The predicted octanol–water partition coefficient (Wildman–Crippen LogP) is 2.40. The van der Waals surface area contributed by atoms with Gasteiger partial charge in [0.15, 0.2) is 5.78 Å². The van der Waals surface area contributed by atoms with Gasteiger partial charge in [0.1, 0.15) is 5.69 Å². The van der Waals surface area contributed by atoms with Crippen LogP contribution in [0.2, 0.25) is 0 Å². The minimum Gasteiger partial charge on any atom is -0.383 e. The number of aromatic nitrogens is 1. The van der Waals surface area contributed by atoms with Gasteiger partial charge in [-0.15, -0.1) is 0 Å². The molecule has 6 heteroatoms. The molecule has 0 aliphatic heterocycles. The lowest BCUT2D eigenvalue weighted by atomic mass is 10.1. The highest BCUT2D eigenvalue weighted by atomic mass is 16.5. The van der Waals surface area contributed by atoms with Gasteiger partial charge in [-0.2, -0.15) is 0 Å². The lowest BCUT2D eigenvalue weighted by molar-refractivity contribution is 0.0931. The molecule has 1 heterocycles. The zero-order chi connectivity index (χ0) is 16.7. The first kappa shape index (κ1) is 16.6. The molecule has 1 amide bonds. The van der Waals surface area contributed by atoms with Crippen LogP contribution in [0.25, 0.3) is 0 Å². The van der Waals surface area contributed by atoms with Crippen LogP contribution in [0.15, 0.2) is 42.6 Å². The molecular formula is C17H19N3O3. The van der Waals surface area contributed by atoms with Crippen LogP contribution >= 0.6 is 0 Å². The Hall–Kier alpha value is -2.73. The number of anilines is 2. The van der Waals surface area contributed by atoms with Crippen LogP contribution in [0.1, 0.15) is 27.8 Å². The van der Waals surface area contributed by atoms with Gasteiger partial charge in [-0.25, -0.2) is 4.98 Å². The highest BCUT2D eigenvalue weighted by molar-refractivity contribution is 5.94. The summed E-state index contributed by atoms with van der Waals surface area (Å²) in [5.41, 5.74) is 2.61. The van der Waals surface area contributed by atoms with Gasteiger partial charge in [0.25, 0.3) is 5.91 Å². The molecule has 0 atom stereocenters. The molecule has 0 fully saturated rings. The van der Waals surface area contributed by atoms with E-state index in [2.05, 4.69) is 15.6 Å². The van der Waals surface area contributed by atoms with Crippen molar-refractivity contribution >= 4 is 23.1 Å². The number of methoxy groups -OCH3 is 1. The number of carbonyl (C=O) groups is 2. The molecule has 6 nitrogen and oxygen atoms in total. The summed E-state index contributed by atoms with van der Waals surface area (Å²) in [4.78, 5) is 27.2. The Morgan fingerprint density at radius 1 is 1.09 bits per heavy atom. The average molecular weight is 313 g/mol. The standard InChI is InChI=1S/C17H19N3O3/c1-12(21)13-3-5-14(6-4-13)20-15-7-8-16(19-11-15)17(22)18-9-10-23-2/h3-8,11,20H,9-10H2,1-2H3,(H,18,22). The van der Waals surface area contributed by atoms with E-state index < -0.39 is 0 Å². The zero-order valence-electron chi connectivity index (χ0n) is 13.1. The van der Waals surface area contributed by atoms with Gasteiger partial charge in [0.2, 0.25) is 0 Å². The lowest BCUT2D eigenvalue weighted by Crippen LogP contribution is -2.27. The molecule has 0 aliphatic rings. The zero-order valence-corrected chi connectivity index (χ0v) is 13.1. The van der Waals surface area contributed by atoms with E-state index in [0.717, 1.165) is 11.4 Å². The Bertz CT molecular complexity index is 666. The van der Waals surface area contributed by atoms with Crippen LogP contribution in [-0.4, -0.2) is 36.9 Å². The van der Waals surface area contributed by atoms with Crippen LogP contribution in [0.4, 0.5) is 11.4 Å². The van der Waals surface area contributed by atoms with Crippen molar-refractivity contribution in [3.8, 4) is 0 Å². The summed E-state index contributed by atoms with van der Waals surface area (Å²) in [5.74, 6) is -0.207. The number of benzene rings is 1. The molecule has 0 aliphatic carbocycles. The Balaban J connectivity index is 1.96. The van der Waals surface area contributed by atoms with Crippen LogP contribution in [0.3, 0.4) is 0 Å². The molecule has 0 saturated heterocycles. The number of Topliss-reactive ketones (excluding diaryl/α,β-unsaturated/α-hetero) is 1. The summed E-state index contributed by atoms with van der Waals surface area (Å²) in [7, 11) is 1.58. The molecule has 2 N–H and O–H groups in total. The van der Waals surface area contributed by atoms with Gasteiger partial charge in [-0.05, 0) is 43.3 Å². The number of hydrogen-bond donors (Lipinski definition) is 2. The Labute approximate surface area is 134 Å². The Morgan fingerprint density at radius 2 is 1.78 bits per heavy atom. The topological polar surface area (TPSA) is 80.3 Å². The number of nitrogens with one attached hydrogen (secondary N) is 2. The first-order valence-corrected chi connectivity index (χ1v) is 7.21. The molecule has 0 spiro atoms. The Kier molecular flexibility index (Phi) is 5.82. The number of pyridine rings is 1. The normalized spacial score (nSPS) is 10.2. The molecule has 120 valence electrons. The minimum absolute atomic E-state index is 0.0297. The maximum Gasteiger partial charge on any atom is 0.269 e. The molecule has 0 saturated carbocycles. The number of ketones is 1. The molecule has 1 aromatic heterocycles. The quantitative estimate of drug-likeness (QED) is 0.606. The summed E-state index contributed by atoms with van der Waals surface area (Å²) in [5, 5.41) is 5.87. The van der Waals surface area contributed by atoms with E-state index in [1.807, 2.05) is 12.1 Å². The van der Waals surface area contributed by atoms with Gasteiger partial charge in [0, 0.05) is 24.9 Å². The van der Waals surface area contributed by atoms with E-state index in [0.29, 0.717) is 24.4 Å². The molecule has 23 heavy (non-hydrogen) atoms. The fourth-order valence-electron chi connectivity index (χ4n) is 1.91. The fraction of sp³-hybridized carbons (Fsp3) is 0.235. The second-order valence-electron chi connectivity index (χ2n) is 4.94. The van der Waals surface area contributed by atoms with E-state index in [1.165, 1.54) is 6.92 Å². The summed E-state index contributed by atoms with van der Waals surface area (Å²) >= 11 is 0. The van der Waals surface area contributed by atoms with Crippen molar-refractivity contribution in [3.05, 3.63) is 53.9 Å². The van der Waals surface area contributed by atoms with Crippen molar-refractivity contribution in [2.45, 2.75) is 6.92 Å². The van der Waals surface area contributed by atoms with Crippen molar-refractivity contribution in [1.82, 2.24) is 10.3 Å². The number of carbonyl (C=O) groups excluding carboxylic acids is 2. The maximum atomic E-state index is 11.8. The smallest absolute Gasteiger partial charge is 0.269 e. The van der Waals surface area contributed by atoms with E-state index in [-0.39, 0.29) is 11.7 Å². The molecule has 0 radical (unpaired) electrons. The highest BCUT2D eigenvalue weighted by Gasteiger charge is 2.06. The van der Waals surface area contributed by atoms with Gasteiger partial charge in [-0.1, -0.05) is 0 Å². The number of rotatable bonds is 7. The summed E-state index contributed by atoms with van der Waals surface area (Å²) in [6, 6.07) is 10.6. The minimum atomic E-state index is -0.237. The third-order valence-electron chi connectivity index (χ3n) is 3.17. The van der Waals surface area contributed by atoms with Gasteiger partial charge in [-0.3, -0.25) is 9.59 Å². The second kappa shape index (κ2) is 8.05. The number of hydrogen-bond acceptors (Lipinski definition) is 5. The SMILES string of the molecule is COCCNC(=O)c1ccc(Nc2ccc(C(C)=O)cc2)cn1. The first-order chi connectivity index (χ1) is 11.1.